The number of para-hydroxylation sites is 1. The van der Waals surface area contributed by atoms with E-state index in [9.17, 15) is 27.2 Å². The van der Waals surface area contributed by atoms with Crippen molar-refractivity contribution >= 4 is 23.1 Å². The summed E-state index contributed by atoms with van der Waals surface area (Å²) < 4.78 is 56.5. The van der Waals surface area contributed by atoms with E-state index in [1.165, 1.54) is 12.4 Å². The fourth-order valence-corrected chi connectivity index (χ4v) is 3.76. The number of rotatable bonds is 9. The van der Waals surface area contributed by atoms with Crippen molar-refractivity contribution in [1.29, 1.82) is 0 Å². The van der Waals surface area contributed by atoms with Gasteiger partial charge >= 0.3 is 0 Å². The number of pyridine rings is 1. The number of hydrogen-bond acceptors (Lipinski definition) is 6. The van der Waals surface area contributed by atoms with E-state index in [0.717, 1.165) is 30.5 Å². The van der Waals surface area contributed by atoms with E-state index in [1.54, 1.807) is 6.92 Å². The number of amides is 1. The minimum atomic E-state index is -3.33. The van der Waals surface area contributed by atoms with Gasteiger partial charge in [0.25, 0.3) is 5.92 Å². The molecule has 7 nitrogen and oxygen atoms in total. The average molecular weight is 501 g/mol. The van der Waals surface area contributed by atoms with E-state index >= 15 is 0 Å². The smallest absolute Gasteiger partial charge is 0.272 e. The third-order valence-electron chi connectivity index (χ3n) is 6.03. The van der Waals surface area contributed by atoms with Crippen LogP contribution in [0.5, 0.6) is 0 Å². The number of hydrogen-bond donors (Lipinski definition) is 2. The highest BCUT2D eigenvalue weighted by Crippen LogP contribution is 2.49. The second-order valence-corrected chi connectivity index (χ2v) is 8.91. The van der Waals surface area contributed by atoms with Gasteiger partial charge in [0.05, 0.1) is 40.8 Å². The number of aryl methyl sites for hydroxylation is 1. The first-order valence-electron chi connectivity index (χ1n) is 11.2. The van der Waals surface area contributed by atoms with Crippen LogP contribution >= 0.6 is 0 Å². The van der Waals surface area contributed by atoms with Crippen LogP contribution in [0.3, 0.4) is 0 Å². The summed E-state index contributed by atoms with van der Waals surface area (Å²) >= 11 is 0. The van der Waals surface area contributed by atoms with Crippen molar-refractivity contribution in [1.82, 2.24) is 20.3 Å². The third-order valence-corrected chi connectivity index (χ3v) is 6.03. The highest BCUT2D eigenvalue weighted by atomic mass is 19.3. The Bertz CT molecular complexity index is 1300. The summed E-state index contributed by atoms with van der Waals surface area (Å²) in [6, 6.07) is 4.22. The molecule has 1 saturated carbocycles. The van der Waals surface area contributed by atoms with Crippen molar-refractivity contribution in [3.05, 3.63) is 77.1 Å². The molecule has 0 radical (unpaired) electrons. The SMILES string of the molecule is Cc1ncc(C(=O)CC2(C(=O)NCc3ncc(Nc4c(F)cccc4C(C)(F)F)cc3F)CC2)cn1. The maximum Gasteiger partial charge on any atom is 0.272 e. The van der Waals surface area contributed by atoms with Crippen molar-refractivity contribution < 1.29 is 27.2 Å². The first-order chi connectivity index (χ1) is 17.0. The lowest BCUT2D eigenvalue weighted by atomic mass is 9.95. The molecule has 1 fully saturated rings. The van der Waals surface area contributed by atoms with Crippen molar-refractivity contribution in [2.45, 2.75) is 45.6 Å². The fourth-order valence-electron chi connectivity index (χ4n) is 3.76. The van der Waals surface area contributed by atoms with Gasteiger partial charge in [-0.3, -0.25) is 14.6 Å². The van der Waals surface area contributed by atoms with Crippen molar-refractivity contribution in [3.63, 3.8) is 0 Å². The summed E-state index contributed by atoms with van der Waals surface area (Å²) in [7, 11) is 0. The third kappa shape index (κ3) is 5.50. The number of anilines is 2. The Morgan fingerprint density at radius 3 is 2.36 bits per heavy atom. The lowest BCUT2D eigenvalue weighted by molar-refractivity contribution is -0.126. The molecule has 0 atom stereocenters. The highest BCUT2D eigenvalue weighted by Gasteiger charge is 2.51. The lowest BCUT2D eigenvalue weighted by Crippen LogP contribution is -2.33. The van der Waals surface area contributed by atoms with E-state index in [2.05, 4.69) is 25.6 Å². The summed E-state index contributed by atoms with van der Waals surface area (Å²) in [6.07, 6.45) is 5.00. The van der Waals surface area contributed by atoms with Crippen LogP contribution in [0.1, 0.15) is 53.6 Å². The van der Waals surface area contributed by atoms with E-state index in [0.29, 0.717) is 31.2 Å². The summed E-state index contributed by atoms with van der Waals surface area (Å²) in [5, 5.41) is 5.07. The first kappa shape index (κ1) is 25.2. The van der Waals surface area contributed by atoms with E-state index < -0.39 is 40.1 Å². The minimum absolute atomic E-state index is 0.0168. The van der Waals surface area contributed by atoms with Crippen molar-refractivity contribution in [2.75, 3.05) is 5.32 Å². The summed E-state index contributed by atoms with van der Waals surface area (Å²) in [5.74, 6) is -5.20. The molecule has 0 saturated heterocycles. The zero-order chi connectivity index (χ0) is 26.1. The molecule has 3 aromatic rings. The normalized spacial score (nSPS) is 14.3. The first-order valence-corrected chi connectivity index (χ1v) is 11.2. The van der Waals surface area contributed by atoms with Crippen LogP contribution in [0.25, 0.3) is 0 Å². The molecule has 0 aliphatic heterocycles. The molecule has 11 heteroatoms. The molecule has 188 valence electrons. The zero-order valence-corrected chi connectivity index (χ0v) is 19.5. The minimum Gasteiger partial charge on any atom is -0.351 e. The lowest BCUT2D eigenvalue weighted by Gasteiger charge is -2.18. The Morgan fingerprint density at radius 1 is 1.06 bits per heavy atom. The van der Waals surface area contributed by atoms with Gasteiger partial charge in [-0.25, -0.2) is 27.5 Å². The number of halogens is 4. The van der Waals surface area contributed by atoms with Crippen molar-refractivity contribution in [2.24, 2.45) is 5.41 Å². The standard InChI is InChI=1S/C25H23F4N5O2/c1-14-30-10-15(11-31-14)21(35)9-25(6-7-25)23(36)33-13-20-19(27)8-16(12-32-20)34-22-17(24(2,28)29)4-3-5-18(22)26/h3-5,8,10-12,34H,6-7,9,13H2,1-2H3,(H,33,36). The summed E-state index contributed by atoms with van der Waals surface area (Å²) in [5.41, 5.74) is -1.76. The number of nitrogens with zero attached hydrogens (tertiary/aromatic N) is 3. The van der Waals surface area contributed by atoms with Gasteiger partial charge in [-0.1, -0.05) is 12.1 Å². The van der Waals surface area contributed by atoms with E-state index in [1.807, 2.05) is 0 Å². The van der Waals surface area contributed by atoms with Crippen LogP contribution in [-0.4, -0.2) is 26.6 Å². The predicted octanol–water partition coefficient (Wildman–Crippen LogP) is 4.98. The quantitative estimate of drug-likeness (QED) is 0.317. The molecule has 2 heterocycles. The Balaban J connectivity index is 1.40. The summed E-state index contributed by atoms with van der Waals surface area (Å²) in [6.45, 7) is 2.08. The molecule has 1 aromatic carbocycles. The van der Waals surface area contributed by atoms with Crippen molar-refractivity contribution in [3.8, 4) is 0 Å². The average Bonchev–Trinajstić information content (AvgIpc) is 3.60. The number of carbonyl (C=O) groups excluding carboxylic acids is 2. The highest BCUT2D eigenvalue weighted by molar-refractivity contribution is 6.00. The number of Topliss-reactive ketones (excluding diaryl/α,β-unsaturated/α-hetero) is 1. The Labute approximate surface area is 204 Å². The molecule has 36 heavy (non-hydrogen) atoms. The van der Waals surface area contributed by atoms with E-state index in [4.69, 9.17) is 0 Å². The Morgan fingerprint density at radius 2 is 1.75 bits per heavy atom. The maximum absolute atomic E-state index is 14.7. The van der Waals surface area contributed by atoms with Gasteiger partial charge in [0.1, 0.15) is 17.5 Å². The van der Waals surface area contributed by atoms with Gasteiger partial charge in [-0.2, -0.15) is 0 Å². The Hall–Kier alpha value is -3.89. The molecule has 2 aromatic heterocycles. The predicted molar refractivity (Wildman–Crippen MR) is 123 cm³/mol. The van der Waals surface area contributed by atoms with Gasteiger partial charge < -0.3 is 10.6 Å². The second-order valence-electron chi connectivity index (χ2n) is 8.91. The van der Waals surface area contributed by atoms with E-state index in [-0.39, 0.29) is 30.1 Å². The number of benzene rings is 1. The molecule has 0 bridgehead atoms. The van der Waals surface area contributed by atoms with Crippen LogP contribution in [0.2, 0.25) is 0 Å². The molecule has 0 unspecified atom stereocenters. The fraction of sp³-hybridized carbons (Fsp3) is 0.320. The monoisotopic (exact) mass is 501 g/mol. The molecule has 4 rings (SSSR count). The molecule has 1 aliphatic rings. The molecular formula is C25H23F4N5O2. The number of ketones is 1. The van der Waals surface area contributed by atoms with Gasteiger partial charge in [0.2, 0.25) is 5.91 Å². The molecular weight excluding hydrogens is 478 g/mol. The number of alkyl halides is 2. The molecule has 1 amide bonds. The van der Waals surface area contributed by atoms with Crippen LogP contribution in [0.4, 0.5) is 28.9 Å². The van der Waals surface area contributed by atoms with Crippen LogP contribution in [0, 0.1) is 24.0 Å². The van der Waals surface area contributed by atoms with Crippen LogP contribution < -0.4 is 10.6 Å². The van der Waals surface area contributed by atoms with Gasteiger partial charge in [0.15, 0.2) is 5.78 Å². The maximum atomic E-state index is 14.7. The van der Waals surface area contributed by atoms with Gasteiger partial charge in [-0.15, -0.1) is 0 Å². The zero-order valence-electron chi connectivity index (χ0n) is 19.5. The molecule has 1 aliphatic carbocycles. The van der Waals surface area contributed by atoms with Crippen LogP contribution in [-0.2, 0) is 17.3 Å². The van der Waals surface area contributed by atoms with Gasteiger partial charge in [-0.05, 0) is 25.8 Å². The second kappa shape index (κ2) is 9.63. The molecule has 0 spiro atoms. The number of carbonyl (C=O) groups is 2. The number of aromatic nitrogens is 3. The Kier molecular flexibility index (Phi) is 6.75. The van der Waals surface area contributed by atoms with Crippen LogP contribution in [0.15, 0.2) is 42.9 Å². The topological polar surface area (TPSA) is 96.9 Å². The summed E-state index contributed by atoms with van der Waals surface area (Å²) in [4.78, 5) is 37.2. The number of nitrogens with one attached hydrogen (secondary N) is 2. The molecule has 2 N–H and O–H groups in total. The van der Waals surface area contributed by atoms with Gasteiger partial charge in [0, 0.05) is 37.4 Å². The largest absolute Gasteiger partial charge is 0.351 e.